The van der Waals surface area contributed by atoms with Crippen molar-refractivity contribution in [2.45, 2.75) is 70.6 Å². The summed E-state index contributed by atoms with van der Waals surface area (Å²) >= 11 is 6.02. The van der Waals surface area contributed by atoms with Crippen molar-refractivity contribution in [2.24, 2.45) is 0 Å². The molecule has 1 saturated carbocycles. The summed E-state index contributed by atoms with van der Waals surface area (Å²) in [5, 5.41) is 9.59. The lowest BCUT2D eigenvalue weighted by atomic mass is 9.86. The van der Waals surface area contributed by atoms with Gasteiger partial charge < -0.3 is 4.74 Å². The zero-order chi connectivity index (χ0) is 25.1. The van der Waals surface area contributed by atoms with Crippen molar-refractivity contribution in [1.82, 2.24) is 24.4 Å². The molecule has 7 nitrogen and oxygen atoms in total. The molecule has 3 atom stereocenters. The van der Waals surface area contributed by atoms with Crippen LogP contribution in [0.15, 0.2) is 41.5 Å². The van der Waals surface area contributed by atoms with Crippen LogP contribution in [0.5, 0.6) is 0 Å². The van der Waals surface area contributed by atoms with Gasteiger partial charge in [-0.3, -0.25) is 9.48 Å². The van der Waals surface area contributed by atoms with Crippen molar-refractivity contribution < 1.29 is 9.13 Å². The van der Waals surface area contributed by atoms with E-state index in [-0.39, 0.29) is 23.7 Å². The van der Waals surface area contributed by atoms with Gasteiger partial charge >= 0.3 is 0 Å². The number of hydrogen-bond donors (Lipinski definition) is 0. The molecule has 9 heteroatoms. The lowest BCUT2D eigenvalue weighted by Crippen LogP contribution is -2.28. The van der Waals surface area contributed by atoms with Crippen molar-refractivity contribution in [1.29, 1.82) is 0 Å². The Hall–Kier alpha value is -3.10. The smallest absolute Gasteiger partial charge is 0.277 e. The second kappa shape index (κ2) is 8.78. The van der Waals surface area contributed by atoms with Gasteiger partial charge in [-0.1, -0.05) is 11.6 Å². The third-order valence-corrected chi connectivity index (χ3v) is 7.58. The second-order valence-electron chi connectivity index (χ2n) is 10.1. The summed E-state index contributed by atoms with van der Waals surface area (Å²) in [5.74, 6) is -0.463. The molecule has 0 unspecified atom stereocenters. The summed E-state index contributed by atoms with van der Waals surface area (Å²) in [5.41, 5.74) is 3.81. The summed E-state index contributed by atoms with van der Waals surface area (Å²) in [7, 11) is 0. The molecule has 186 valence electrons. The number of halogens is 2. The number of aromatic nitrogens is 5. The number of hydrogen-bond acceptors (Lipinski definition) is 5. The van der Waals surface area contributed by atoms with Gasteiger partial charge in [0.05, 0.1) is 30.1 Å². The monoisotopic (exact) mass is 507 g/mol. The lowest BCUT2D eigenvalue weighted by molar-refractivity contribution is -0.0507. The lowest BCUT2D eigenvalue weighted by Gasteiger charge is -2.33. The number of nitrogens with zero attached hydrogens (tertiary/aromatic N) is 5. The maximum Gasteiger partial charge on any atom is 0.277 e. The third-order valence-electron chi connectivity index (χ3n) is 7.34. The predicted octanol–water partition coefficient (Wildman–Crippen LogP) is 5.72. The first kappa shape index (κ1) is 23.3. The summed E-state index contributed by atoms with van der Waals surface area (Å²) in [6.45, 7) is 5.56. The highest BCUT2D eigenvalue weighted by Gasteiger charge is 2.33. The highest BCUT2D eigenvalue weighted by Crippen LogP contribution is 2.42. The average molecular weight is 508 g/mol. The predicted molar refractivity (Wildman–Crippen MR) is 135 cm³/mol. The molecule has 4 heterocycles. The molecular formula is C27H27ClFN5O2. The zero-order valence-electron chi connectivity index (χ0n) is 20.4. The molecule has 1 aromatic carbocycles. The van der Waals surface area contributed by atoms with Crippen LogP contribution in [0.1, 0.15) is 73.2 Å². The number of ether oxygens (including phenoxy) is 1. The molecule has 1 aliphatic heterocycles. The molecule has 4 aromatic rings. The van der Waals surface area contributed by atoms with Crippen LogP contribution >= 0.6 is 11.6 Å². The Kier molecular flexibility index (Phi) is 5.68. The molecule has 0 N–H and O–H groups in total. The summed E-state index contributed by atoms with van der Waals surface area (Å²) in [6.07, 6.45) is 7.59. The normalized spacial score (nSPS) is 22.3. The minimum absolute atomic E-state index is 0.00930. The van der Waals surface area contributed by atoms with Gasteiger partial charge in [-0.15, -0.1) is 0 Å². The van der Waals surface area contributed by atoms with Gasteiger partial charge in [-0.25, -0.2) is 9.37 Å². The standard InChI is InChI=1S/C27H27ClFN5O2/c1-14-8-17(9-25(36-14)18-12-30-33(13-18)20-5-6-20)24-11-22(21-7-4-19(28)10-23(21)29)26-31-16(3)15(2)27(35)34(26)32-24/h4,7,10-14,17,20,25H,5-6,8-9H2,1-3H3/t14-,17-,25+/m0/s1. The molecule has 0 bridgehead atoms. The van der Waals surface area contributed by atoms with Gasteiger partial charge in [0.1, 0.15) is 5.82 Å². The molecule has 36 heavy (non-hydrogen) atoms. The first-order valence-corrected chi connectivity index (χ1v) is 12.7. The Morgan fingerprint density at radius 2 is 1.94 bits per heavy atom. The van der Waals surface area contributed by atoms with Crippen LogP contribution in [0.2, 0.25) is 5.02 Å². The van der Waals surface area contributed by atoms with Crippen molar-refractivity contribution in [3.8, 4) is 11.1 Å². The van der Waals surface area contributed by atoms with Crippen LogP contribution in [0.4, 0.5) is 4.39 Å². The Balaban J connectivity index is 1.47. The van der Waals surface area contributed by atoms with Crippen LogP contribution in [0.3, 0.4) is 0 Å². The molecule has 2 fully saturated rings. The fraction of sp³-hybridized carbons (Fsp3) is 0.407. The molecule has 0 radical (unpaired) electrons. The molecule has 6 rings (SSSR count). The SMILES string of the molecule is Cc1nc2c(-c3ccc(Cl)cc3F)cc([C@H]3C[C@H](C)O[C@@H](c4cnn(C5CC5)c4)C3)nn2c(=O)c1C. The van der Waals surface area contributed by atoms with Crippen LogP contribution in [-0.2, 0) is 4.74 Å². The molecule has 0 amide bonds. The van der Waals surface area contributed by atoms with Gasteiger partial charge in [-0.05, 0) is 70.7 Å². The van der Waals surface area contributed by atoms with E-state index in [1.54, 1.807) is 26.0 Å². The second-order valence-corrected chi connectivity index (χ2v) is 10.5. The Labute approximate surface area is 212 Å². The number of benzene rings is 1. The van der Waals surface area contributed by atoms with Crippen LogP contribution in [0, 0.1) is 19.7 Å². The summed E-state index contributed by atoms with van der Waals surface area (Å²) in [4.78, 5) is 17.9. The van der Waals surface area contributed by atoms with E-state index in [0.717, 1.165) is 12.0 Å². The molecule has 0 spiro atoms. The van der Waals surface area contributed by atoms with E-state index in [4.69, 9.17) is 21.4 Å². The fourth-order valence-electron chi connectivity index (χ4n) is 5.09. The van der Waals surface area contributed by atoms with Gasteiger partial charge in [0.15, 0.2) is 5.65 Å². The van der Waals surface area contributed by atoms with Crippen molar-refractivity contribution >= 4 is 17.2 Å². The fourth-order valence-corrected chi connectivity index (χ4v) is 5.25. The van der Waals surface area contributed by atoms with E-state index in [1.807, 2.05) is 23.9 Å². The van der Waals surface area contributed by atoms with E-state index >= 15 is 4.39 Å². The van der Waals surface area contributed by atoms with E-state index in [9.17, 15) is 4.79 Å². The summed E-state index contributed by atoms with van der Waals surface area (Å²) < 4.78 is 24.7. The van der Waals surface area contributed by atoms with Gasteiger partial charge in [0.25, 0.3) is 5.56 Å². The van der Waals surface area contributed by atoms with Crippen molar-refractivity contribution in [3.63, 3.8) is 0 Å². The first-order chi connectivity index (χ1) is 17.3. The molecule has 1 saturated heterocycles. The number of rotatable bonds is 4. The van der Waals surface area contributed by atoms with Gasteiger partial charge in [0.2, 0.25) is 0 Å². The van der Waals surface area contributed by atoms with Crippen molar-refractivity contribution in [3.05, 3.63) is 80.4 Å². The Morgan fingerprint density at radius 1 is 1.14 bits per heavy atom. The molecule has 2 aliphatic rings. The van der Waals surface area contributed by atoms with E-state index in [2.05, 4.69) is 16.3 Å². The highest BCUT2D eigenvalue weighted by atomic mass is 35.5. The minimum atomic E-state index is -0.472. The average Bonchev–Trinajstić information content (AvgIpc) is 3.58. The highest BCUT2D eigenvalue weighted by molar-refractivity contribution is 6.30. The van der Waals surface area contributed by atoms with Crippen LogP contribution < -0.4 is 5.56 Å². The molecular weight excluding hydrogens is 481 g/mol. The topological polar surface area (TPSA) is 74.3 Å². The van der Waals surface area contributed by atoms with Gasteiger partial charge in [-0.2, -0.15) is 14.7 Å². The maximum atomic E-state index is 15.1. The first-order valence-electron chi connectivity index (χ1n) is 12.3. The Morgan fingerprint density at radius 3 is 2.69 bits per heavy atom. The number of fused-ring (bicyclic) bond motifs is 1. The van der Waals surface area contributed by atoms with Gasteiger partial charge in [0, 0.05) is 45.1 Å². The minimum Gasteiger partial charge on any atom is -0.370 e. The van der Waals surface area contributed by atoms with E-state index < -0.39 is 5.82 Å². The quantitative estimate of drug-likeness (QED) is 0.353. The third kappa shape index (κ3) is 4.12. The van der Waals surface area contributed by atoms with E-state index in [0.29, 0.717) is 51.2 Å². The maximum absolute atomic E-state index is 15.1. The van der Waals surface area contributed by atoms with Crippen LogP contribution in [0.25, 0.3) is 16.8 Å². The number of aryl methyl sites for hydroxylation is 1. The molecule has 3 aromatic heterocycles. The largest absolute Gasteiger partial charge is 0.370 e. The zero-order valence-corrected chi connectivity index (χ0v) is 21.2. The van der Waals surface area contributed by atoms with E-state index in [1.165, 1.54) is 23.4 Å². The Bertz CT molecular complexity index is 1540. The molecule has 1 aliphatic carbocycles. The van der Waals surface area contributed by atoms with Crippen LogP contribution in [-0.4, -0.2) is 30.5 Å². The summed E-state index contributed by atoms with van der Waals surface area (Å²) in [6, 6.07) is 6.91. The van der Waals surface area contributed by atoms with Crippen molar-refractivity contribution in [2.75, 3.05) is 0 Å².